The highest BCUT2D eigenvalue weighted by molar-refractivity contribution is 5.96. The molecule has 2 fully saturated rings. The number of ether oxygens (including phenoxy) is 1. The zero-order chi connectivity index (χ0) is 30.1. The van der Waals surface area contributed by atoms with Crippen LogP contribution in [-0.4, -0.2) is 64.3 Å². The molecular formula is C29H27F4N7O3. The molecular weight excluding hydrogens is 570 g/mol. The summed E-state index contributed by atoms with van der Waals surface area (Å²) in [7, 11) is 0. The second-order valence-electron chi connectivity index (χ2n) is 10.4. The Kier molecular flexibility index (Phi) is 7.71. The molecule has 14 heteroatoms. The maximum Gasteiger partial charge on any atom is 0.422 e. The number of fused-ring (bicyclic) bond motifs is 1. The third-order valence-corrected chi connectivity index (χ3v) is 7.57. The van der Waals surface area contributed by atoms with Crippen LogP contribution >= 0.6 is 0 Å². The highest BCUT2D eigenvalue weighted by Gasteiger charge is 2.43. The zero-order valence-corrected chi connectivity index (χ0v) is 22.7. The monoisotopic (exact) mass is 597 g/mol. The molecule has 0 spiro atoms. The molecule has 4 heterocycles. The number of oxazole rings is 1. The summed E-state index contributed by atoms with van der Waals surface area (Å²) >= 11 is 0. The van der Waals surface area contributed by atoms with Gasteiger partial charge in [-0.15, -0.1) is 0 Å². The summed E-state index contributed by atoms with van der Waals surface area (Å²) in [6, 6.07) is 8.89. The predicted octanol–water partition coefficient (Wildman–Crippen LogP) is 4.48. The molecule has 0 bridgehead atoms. The van der Waals surface area contributed by atoms with Crippen LogP contribution in [0.3, 0.4) is 0 Å². The van der Waals surface area contributed by atoms with E-state index >= 15 is 0 Å². The Labute approximate surface area is 243 Å². The molecule has 2 aromatic carbocycles. The first-order chi connectivity index (χ1) is 20.7. The van der Waals surface area contributed by atoms with Crippen LogP contribution in [0.4, 0.5) is 28.9 Å². The molecule has 4 aromatic rings. The minimum atomic E-state index is -4.91. The van der Waals surface area contributed by atoms with Crippen molar-refractivity contribution in [3.63, 3.8) is 0 Å². The molecule has 2 aliphatic rings. The lowest BCUT2D eigenvalue weighted by molar-refractivity contribution is -0.138. The average molecular weight is 598 g/mol. The predicted molar refractivity (Wildman–Crippen MR) is 148 cm³/mol. The van der Waals surface area contributed by atoms with Crippen LogP contribution in [0.5, 0.6) is 11.5 Å². The largest absolute Gasteiger partial charge is 0.454 e. The first-order valence-electron chi connectivity index (χ1n) is 13.6. The zero-order valence-electron chi connectivity index (χ0n) is 22.7. The summed E-state index contributed by atoms with van der Waals surface area (Å²) < 4.78 is 69.9. The maximum atomic E-state index is 14.9. The van der Waals surface area contributed by atoms with E-state index in [0.29, 0.717) is 12.1 Å². The molecule has 3 N–H and O–H groups in total. The Morgan fingerprint density at radius 2 is 1.93 bits per heavy atom. The van der Waals surface area contributed by atoms with Crippen molar-refractivity contribution in [2.45, 2.75) is 31.1 Å². The van der Waals surface area contributed by atoms with E-state index in [9.17, 15) is 22.4 Å². The topological polar surface area (TPSA) is 123 Å². The Bertz CT molecular complexity index is 1620. The number of halogens is 4. The Morgan fingerprint density at radius 3 is 2.70 bits per heavy atom. The number of carbonyl (C=O) groups excluding carboxylic acids is 1. The number of rotatable bonds is 7. The van der Waals surface area contributed by atoms with Crippen molar-refractivity contribution in [3.05, 3.63) is 78.2 Å². The second kappa shape index (κ2) is 11.6. The van der Waals surface area contributed by atoms with E-state index in [-0.39, 0.29) is 60.3 Å². The fourth-order valence-electron chi connectivity index (χ4n) is 5.55. The molecule has 2 aromatic heterocycles. The van der Waals surface area contributed by atoms with Gasteiger partial charge in [-0.2, -0.15) is 23.4 Å². The minimum Gasteiger partial charge on any atom is -0.454 e. The van der Waals surface area contributed by atoms with Gasteiger partial charge in [0.05, 0.1) is 41.4 Å². The van der Waals surface area contributed by atoms with Crippen LogP contribution in [0.25, 0.3) is 11.5 Å². The van der Waals surface area contributed by atoms with Gasteiger partial charge in [-0.1, -0.05) is 12.1 Å². The fourth-order valence-corrected chi connectivity index (χ4v) is 5.55. The number of hydrogen-bond donors (Lipinski definition) is 2. The molecule has 1 amide bonds. The van der Waals surface area contributed by atoms with Crippen molar-refractivity contribution in [2.24, 2.45) is 5.73 Å². The van der Waals surface area contributed by atoms with E-state index in [1.54, 1.807) is 11.0 Å². The third kappa shape index (κ3) is 6.01. The third-order valence-electron chi connectivity index (χ3n) is 7.57. The van der Waals surface area contributed by atoms with E-state index in [0.717, 1.165) is 25.1 Å². The van der Waals surface area contributed by atoms with Gasteiger partial charge in [0.1, 0.15) is 17.6 Å². The van der Waals surface area contributed by atoms with E-state index in [4.69, 9.17) is 14.9 Å². The van der Waals surface area contributed by atoms with Gasteiger partial charge in [0.15, 0.2) is 11.6 Å². The number of benzene rings is 2. The fraction of sp³-hybridized carbons (Fsp3) is 0.310. The highest BCUT2D eigenvalue weighted by Crippen LogP contribution is 2.48. The molecule has 0 aliphatic carbocycles. The number of nitrogens with zero attached hydrogens (tertiary/aromatic N) is 5. The van der Waals surface area contributed by atoms with Gasteiger partial charge in [0, 0.05) is 38.3 Å². The molecule has 6 rings (SSSR count). The summed E-state index contributed by atoms with van der Waals surface area (Å²) in [6.07, 6.45) is -0.239. The smallest absolute Gasteiger partial charge is 0.422 e. The number of amides is 1. The van der Waals surface area contributed by atoms with Crippen molar-refractivity contribution in [2.75, 3.05) is 36.4 Å². The highest BCUT2D eigenvalue weighted by atomic mass is 19.4. The molecule has 10 nitrogen and oxygen atoms in total. The number of nitrogens with two attached hydrogens (primary N) is 1. The van der Waals surface area contributed by atoms with Crippen LogP contribution in [0.1, 0.15) is 17.7 Å². The van der Waals surface area contributed by atoms with Crippen LogP contribution in [0, 0.1) is 5.82 Å². The number of alkyl halides is 3. The van der Waals surface area contributed by atoms with Crippen molar-refractivity contribution in [1.29, 1.82) is 0 Å². The van der Waals surface area contributed by atoms with Crippen LogP contribution in [0.15, 0.2) is 65.5 Å². The van der Waals surface area contributed by atoms with E-state index < -0.39 is 29.2 Å². The summed E-state index contributed by atoms with van der Waals surface area (Å²) in [5, 5.41) is 10.1. The molecule has 2 atom stereocenters. The van der Waals surface area contributed by atoms with Crippen molar-refractivity contribution in [3.8, 4) is 23.0 Å². The standard InChI is InChI=1S/C29H27F4N7O3/c30-19-3-1-2-4-23(19)43-24-6-5-21(38-25(41)13-18-16-42-28(37-18)17-7-9-35-36-14-17)27(26(24)29(31,32)33)40-12-11-39-10-8-20(34)22(39)15-40/h1-7,9,14,16,20,22H,8,10-13,15,34H2,(H,38,41)/t20-,22+/m1/s1. The summed E-state index contributed by atoms with van der Waals surface area (Å²) in [4.78, 5) is 21.2. The molecule has 43 heavy (non-hydrogen) atoms. The average Bonchev–Trinajstić information content (AvgIpc) is 3.61. The van der Waals surface area contributed by atoms with E-state index in [1.807, 2.05) is 0 Å². The van der Waals surface area contributed by atoms with Crippen LogP contribution in [0.2, 0.25) is 0 Å². The SMILES string of the molecule is N[C@@H]1CCN2CCN(c3c(NC(=O)Cc4coc(-c5ccnnc5)n4)ccc(Oc4ccccc4F)c3C(F)(F)F)C[C@@H]12. The quantitative estimate of drug-likeness (QED) is 0.297. The number of piperazine rings is 1. The van der Waals surface area contributed by atoms with Gasteiger partial charge < -0.3 is 25.1 Å². The lowest BCUT2D eigenvalue weighted by atomic mass is 10.0. The molecule has 0 saturated carbocycles. The maximum absolute atomic E-state index is 14.9. The van der Waals surface area contributed by atoms with Crippen LogP contribution < -0.4 is 20.7 Å². The van der Waals surface area contributed by atoms with Crippen LogP contribution in [-0.2, 0) is 17.4 Å². The van der Waals surface area contributed by atoms with Crippen molar-refractivity contribution >= 4 is 17.3 Å². The van der Waals surface area contributed by atoms with Gasteiger partial charge in [-0.3, -0.25) is 9.69 Å². The number of hydrogen-bond acceptors (Lipinski definition) is 9. The minimum absolute atomic E-state index is 0.0692. The lowest BCUT2D eigenvalue weighted by Gasteiger charge is -2.41. The molecule has 2 aliphatic heterocycles. The molecule has 0 radical (unpaired) electrons. The number of para-hydroxylation sites is 1. The van der Waals surface area contributed by atoms with Gasteiger partial charge in [-0.25, -0.2) is 9.37 Å². The van der Waals surface area contributed by atoms with E-state index in [2.05, 4.69) is 25.4 Å². The van der Waals surface area contributed by atoms with Crippen molar-refractivity contribution in [1.82, 2.24) is 20.1 Å². The Morgan fingerprint density at radius 1 is 1.09 bits per heavy atom. The second-order valence-corrected chi connectivity index (χ2v) is 10.4. The van der Waals surface area contributed by atoms with Gasteiger partial charge in [0.25, 0.3) is 0 Å². The summed E-state index contributed by atoms with van der Waals surface area (Å²) in [5.41, 5.74) is 5.66. The number of carbonyl (C=O) groups is 1. The van der Waals surface area contributed by atoms with Crippen molar-refractivity contribution < 1.29 is 31.5 Å². The van der Waals surface area contributed by atoms with Gasteiger partial charge in [0.2, 0.25) is 11.8 Å². The Balaban J connectivity index is 1.35. The number of anilines is 2. The Hall–Kier alpha value is -4.56. The molecule has 2 saturated heterocycles. The van der Waals surface area contributed by atoms with Gasteiger partial charge >= 0.3 is 6.18 Å². The number of aromatic nitrogens is 3. The van der Waals surface area contributed by atoms with Gasteiger partial charge in [-0.05, 0) is 36.8 Å². The van der Waals surface area contributed by atoms with E-state index in [1.165, 1.54) is 42.9 Å². The number of nitrogens with one attached hydrogen (secondary N) is 1. The lowest BCUT2D eigenvalue weighted by Crippen LogP contribution is -2.55. The molecule has 0 unspecified atom stereocenters. The summed E-state index contributed by atoms with van der Waals surface area (Å²) in [6.45, 7) is 1.72. The summed E-state index contributed by atoms with van der Waals surface area (Å²) in [5.74, 6) is -2.14. The first-order valence-corrected chi connectivity index (χ1v) is 13.6. The first kappa shape index (κ1) is 28.6. The molecule has 224 valence electrons. The normalized spacial score (nSPS) is 18.9.